The molecule has 2 fully saturated rings. The summed E-state index contributed by atoms with van der Waals surface area (Å²) >= 11 is 0. The van der Waals surface area contributed by atoms with Gasteiger partial charge in [0, 0.05) is 17.8 Å². The van der Waals surface area contributed by atoms with E-state index in [1.54, 1.807) is 6.20 Å². The van der Waals surface area contributed by atoms with Crippen molar-refractivity contribution in [2.24, 2.45) is 16.7 Å². The molecule has 0 spiro atoms. The van der Waals surface area contributed by atoms with E-state index < -0.39 is 0 Å². The SMILES string of the molecule is Cc1cnc(N)nc1NC1C2(C)CCC(C2)C1(C)C. The summed E-state index contributed by atoms with van der Waals surface area (Å²) < 4.78 is 0. The van der Waals surface area contributed by atoms with Gasteiger partial charge in [0.15, 0.2) is 0 Å². The Kier molecular flexibility index (Phi) is 2.57. The minimum Gasteiger partial charge on any atom is -0.368 e. The van der Waals surface area contributed by atoms with Crippen molar-refractivity contribution in [2.75, 3.05) is 11.1 Å². The van der Waals surface area contributed by atoms with Gasteiger partial charge in [-0.2, -0.15) is 4.98 Å². The van der Waals surface area contributed by atoms with Crippen LogP contribution in [0.1, 0.15) is 45.6 Å². The number of nitrogens with two attached hydrogens (primary N) is 1. The molecule has 1 heterocycles. The van der Waals surface area contributed by atoms with Crippen LogP contribution in [0, 0.1) is 23.7 Å². The van der Waals surface area contributed by atoms with Crippen molar-refractivity contribution in [3.05, 3.63) is 11.8 Å². The molecule has 0 radical (unpaired) electrons. The van der Waals surface area contributed by atoms with Crippen molar-refractivity contribution in [2.45, 2.75) is 53.0 Å². The second kappa shape index (κ2) is 3.84. The van der Waals surface area contributed by atoms with Crippen LogP contribution >= 0.6 is 0 Å². The van der Waals surface area contributed by atoms with Crippen LogP contribution in [0.5, 0.6) is 0 Å². The van der Waals surface area contributed by atoms with Gasteiger partial charge in [0.25, 0.3) is 0 Å². The Balaban J connectivity index is 1.92. The number of hydrogen-bond donors (Lipinski definition) is 2. The number of anilines is 2. The largest absolute Gasteiger partial charge is 0.368 e. The first-order valence-electron chi connectivity index (χ1n) is 7.18. The van der Waals surface area contributed by atoms with Crippen molar-refractivity contribution < 1.29 is 0 Å². The molecule has 4 heteroatoms. The van der Waals surface area contributed by atoms with Gasteiger partial charge < -0.3 is 11.1 Å². The summed E-state index contributed by atoms with van der Waals surface area (Å²) in [5.41, 5.74) is 7.49. The van der Waals surface area contributed by atoms with Gasteiger partial charge in [-0.05, 0) is 42.9 Å². The molecule has 0 amide bonds. The first-order chi connectivity index (χ1) is 8.83. The van der Waals surface area contributed by atoms with Crippen molar-refractivity contribution in [1.29, 1.82) is 0 Å². The van der Waals surface area contributed by atoms with E-state index >= 15 is 0 Å². The lowest BCUT2D eigenvalue weighted by Crippen LogP contribution is -2.46. The zero-order valence-corrected chi connectivity index (χ0v) is 12.3. The van der Waals surface area contributed by atoms with Gasteiger partial charge in [0.2, 0.25) is 5.95 Å². The van der Waals surface area contributed by atoms with E-state index in [0.717, 1.165) is 17.3 Å². The van der Waals surface area contributed by atoms with Gasteiger partial charge in [-0.3, -0.25) is 0 Å². The Hall–Kier alpha value is -1.32. The lowest BCUT2D eigenvalue weighted by atomic mass is 9.68. The Morgan fingerprint density at radius 1 is 1.37 bits per heavy atom. The molecule has 0 aromatic carbocycles. The Labute approximate surface area is 115 Å². The molecule has 2 bridgehead atoms. The van der Waals surface area contributed by atoms with E-state index in [0.29, 0.717) is 22.8 Å². The molecule has 104 valence electrons. The zero-order valence-electron chi connectivity index (χ0n) is 12.3. The highest BCUT2D eigenvalue weighted by Gasteiger charge is 2.59. The number of nitrogen functional groups attached to an aromatic ring is 1. The van der Waals surface area contributed by atoms with E-state index in [1.165, 1.54) is 19.3 Å². The summed E-state index contributed by atoms with van der Waals surface area (Å²) in [6.07, 6.45) is 5.81. The molecular formula is C15H24N4. The quantitative estimate of drug-likeness (QED) is 0.858. The highest BCUT2D eigenvalue weighted by atomic mass is 15.1. The lowest BCUT2D eigenvalue weighted by Gasteiger charge is -2.43. The van der Waals surface area contributed by atoms with Crippen LogP contribution in [0.3, 0.4) is 0 Å². The normalized spacial score (nSPS) is 35.6. The summed E-state index contributed by atoms with van der Waals surface area (Å²) in [5.74, 6) is 2.08. The molecular weight excluding hydrogens is 236 g/mol. The fourth-order valence-electron chi connectivity index (χ4n) is 4.40. The molecule has 3 N–H and O–H groups in total. The third-order valence-electron chi connectivity index (χ3n) is 5.54. The summed E-state index contributed by atoms with van der Waals surface area (Å²) in [6.45, 7) is 9.23. The molecule has 19 heavy (non-hydrogen) atoms. The molecule has 2 saturated carbocycles. The maximum absolute atomic E-state index is 5.72. The number of aryl methyl sites for hydroxylation is 1. The predicted octanol–water partition coefficient (Wildman–Crippen LogP) is 2.99. The monoisotopic (exact) mass is 260 g/mol. The van der Waals surface area contributed by atoms with E-state index in [9.17, 15) is 0 Å². The molecule has 2 aliphatic rings. The van der Waals surface area contributed by atoms with Gasteiger partial charge in [0.05, 0.1) is 0 Å². The van der Waals surface area contributed by atoms with Gasteiger partial charge in [0.1, 0.15) is 5.82 Å². The van der Waals surface area contributed by atoms with Crippen molar-refractivity contribution in [3.8, 4) is 0 Å². The minimum absolute atomic E-state index is 0.319. The van der Waals surface area contributed by atoms with Crippen molar-refractivity contribution in [3.63, 3.8) is 0 Å². The van der Waals surface area contributed by atoms with Crippen LogP contribution in [-0.4, -0.2) is 16.0 Å². The topological polar surface area (TPSA) is 63.8 Å². The molecule has 3 unspecified atom stereocenters. The Bertz CT molecular complexity index is 506. The van der Waals surface area contributed by atoms with Crippen LogP contribution in [0.15, 0.2) is 6.20 Å². The first-order valence-corrected chi connectivity index (χ1v) is 7.18. The molecule has 2 aliphatic carbocycles. The van der Waals surface area contributed by atoms with Crippen molar-refractivity contribution >= 4 is 11.8 Å². The van der Waals surface area contributed by atoms with E-state index in [2.05, 4.69) is 36.1 Å². The third-order valence-corrected chi connectivity index (χ3v) is 5.54. The van der Waals surface area contributed by atoms with Crippen LogP contribution in [0.4, 0.5) is 11.8 Å². The number of hydrogen-bond acceptors (Lipinski definition) is 4. The fraction of sp³-hybridized carbons (Fsp3) is 0.733. The lowest BCUT2D eigenvalue weighted by molar-refractivity contribution is 0.155. The van der Waals surface area contributed by atoms with E-state index in [-0.39, 0.29) is 0 Å². The van der Waals surface area contributed by atoms with Gasteiger partial charge >= 0.3 is 0 Å². The van der Waals surface area contributed by atoms with Crippen molar-refractivity contribution in [1.82, 2.24) is 9.97 Å². The molecule has 1 aromatic rings. The maximum Gasteiger partial charge on any atom is 0.221 e. The summed E-state index contributed by atoms with van der Waals surface area (Å²) in [4.78, 5) is 8.41. The summed E-state index contributed by atoms with van der Waals surface area (Å²) in [6, 6.07) is 0.465. The predicted molar refractivity (Wildman–Crippen MR) is 77.8 cm³/mol. The Morgan fingerprint density at radius 2 is 2.11 bits per heavy atom. The standard InChI is InChI=1S/C15H24N4/c1-9-8-17-13(16)19-11(9)18-12-14(2,3)10-5-6-15(12,4)7-10/h8,10,12H,5-7H2,1-4H3,(H3,16,17,18,19). The summed E-state index contributed by atoms with van der Waals surface area (Å²) in [7, 11) is 0. The van der Waals surface area contributed by atoms with Crippen LogP contribution < -0.4 is 11.1 Å². The van der Waals surface area contributed by atoms with E-state index in [1.807, 2.05) is 6.92 Å². The molecule has 3 atom stereocenters. The smallest absolute Gasteiger partial charge is 0.221 e. The average Bonchev–Trinajstić information content (AvgIpc) is 2.80. The van der Waals surface area contributed by atoms with Gasteiger partial charge in [-0.1, -0.05) is 20.8 Å². The van der Waals surface area contributed by atoms with Crippen LogP contribution in [0.25, 0.3) is 0 Å². The van der Waals surface area contributed by atoms with Gasteiger partial charge in [-0.15, -0.1) is 0 Å². The molecule has 4 nitrogen and oxygen atoms in total. The highest BCUT2D eigenvalue weighted by molar-refractivity contribution is 5.47. The maximum atomic E-state index is 5.72. The average molecular weight is 260 g/mol. The Morgan fingerprint density at radius 3 is 2.74 bits per heavy atom. The highest BCUT2D eigenvalue weighted by Crippen LogP contribution is 2.63. The second-order valence-electron chi connectivity index (χ2n) is 7.25. The van der Waals surface area contributed by atoms with Gasteiger partial charge in [-0.25, -0.2) is 4.98 Å². The van der Waals surface area contributed by atoms with E-state index in [4.69, 9.17) is 5.73 Å². The number of nitrogens with one attached hydrogen (secondary N) is 1. The first kappa shape index (κ1) is 12.7. The van der Waals surface area contributed by atoms with Crippen LogP contribution in [-0.2, 0) is 0 Å². The summed E-state index contributed by atoms with van der Waals surface area (Å²) in [5, 5.41) is 3.68. The number of rotatable bonds is 2. The fourth-order valence-corrected chi connectivity index (χ4v) is 4.40. The molecule has 3 rings (SSSR count). The number of aromatic nitrogens is 2. The number of nitrogens with zero attached hydrogens (tertiary/aromatic N) is 2. The molecule has 0 aliphatic heterocycles. The molecule has 0 saturated heterocycles. The minimum atomic E-state index is 0.319. The third kappa shape index (κ3) is 1.80. The van der Waals surface area contributed by atoms with Crippen LogP contribution in [0.2, 0.25) is 0 Å². The second-order valence-corrected chi connectivity index (χ2v) is 7.25. The number of fused-ring (bicyclic) bond motifs is 2. The molecule has 1 aromatic heterocycles. The zero-order chi connectivity index (χ0) is 13.8.